The molecule has 0 aliphatic carbocycles. The van der Waals surface area contributed by atoms with E-state index in [-0.39, 0.29) is 17.6 Å². The standard InChI is InChI=1S/C13H12.C8H17NO2.C5H8O2.2C5H12.C2H6/c1-11-7-9-13(10-8-11)12-5-3-2-4-6-12;1-4-11-8(10)7(2)5-6-9-3;1-5(7)3-2-4-6;2*1-3-5-4-2;1-2/h2-10H,1H3;7,9H,4-6H2,1-3H3;4,7H,1-3H2;2*3-5H2,1-2H3;1-2H3. The van der Waals surface area contributed by atoms with Crippen LogP contribution in [-0.2, 0) is 14.3 Å². The molecule has 2 N–H and O–H groups in total. The number of hydrogen-bond donors (Lipinski definition) is 2. The molecule has 0 aliphatic rings. The Morgan fingerprint density at radius 2 is 1.35 bits per heavy atom. The molecule has 248 valence electrons. The Bertz CT molecular complexity index is 825. The van der Waals surface area contributed by atoms with Crippen molar-refractivity contribution in [3.05, 3.63) is 72.5 Å². The van der Waals surface area contributed by atoms with Crippen molar-refractivity contribution in [3.63, 3.8) is 0 Å². The van der Waals surface area contributed by atoms with Crippen molar-refractivity contribution < 1.29 is 19.4 Å². The summed E-state index contributed by atoms with van der Waals surface area (Å²) in [6, 6.07) is 19.0. The summed E-state index contributed by atoms with van der Waals surface area (Å²) in [4.78, 5) is 20.6. The lowest BCUT2D eigenvalue weighted by Crippen LogP contribution is -2.19. The Kier molecular flexibility index (Phi) is 42.7. The molecule has 5 nitrogen and oxygen atoms in total. The Hall–Kier alpha value is -2.92. The highest BCUT2D eigenvalue weighted by Crippen LogP contribution is 2.18. The van der Waals surface area contributed by atoms with Gasteiger partial charge in [-0.15, -0.1) is 0 Å². The number of hydrogen-bond acceptors (Lipinski definition) is 5. The van der Waals surface area contributed by atoms with E-state index in [2.05, 4.69) is 95.0 Å². The molecular weight excluding hydrogens is 534 g/mol. The molecule has 0 aromatic heterocycles. The molecule has 1 atom stereocenters. The van der Waals surface area contributed by atoms with Gasteiger partial charge in [0, 0.05) is 12.8 Å². The summed E-state index contributed by atoms with van der Waals surface area (Å²) >= 11 is 0. The molecule has 0 saturated carbocycles. The van der Waals surface area contributed by atoms with E-state index in [1.807, 2.05) is 40.8 Å². The molecule has 2 aromatic rings. The van der Waals surface area contributed by atoms with Crippen LogP contribution in [0, 0.1) is 12.8 Å². The Balaban J connectivity index is -0.000000230. The predicted molar refractivity (Wildman–Crippen MR) is 190 cm³/mol. The predicted octanol–water partition coefficient (Wildman–Crippen LogP) is 10.9. The van der Waals surface area contributed by atoms with Crippen molar-refractivity contribution in [1.82, 2.24) is 5.32 Å². The van der Waals surface area contributed by atoms with Gasteiger partial charge < -0.3 is 20.0 Å². The first-order valence-corrected chi connectivity index (χ1v) is 16.4. The topological polar surface area (TPSA) is 75.6 Å². The van der Waals surface area contributed by atoms with Crippen LogP contribution < -0.4 is 5.32 Å². The van der Waals surface area contributed by atoms with E-state index >= 15 is 0 Å². The fraction of sp³-hybridized carbons (Fsp3) is 0.579. The molecule has 0 radical (unpaired) electrons. The summed E-state index contributed by atoms with van der Waals surface area (Å²) in [6.45, 7) is 23.2. The molecule has 1 unspecified atom stereocenters. The number of ether oxygens (including phenoxy) is 1. The average Bonchev–Trinajstić information content (AvgIpc) is 3.03. The maximum absolute atomic E-state index is 11.0. The van der Waals surface area contributed by atoms with Crippen LogP contribution in [0.15, 0.2) is 66.9 Å². The van der Waals surface area contributed by atoms with Gasteiger partial charge in [0.25, 0.3) is 0 Å². The number of allylic oxidation sites excluding steroid dienone is 1. The van der Waals surface area contributed by atoms with E-state index in [9.17, 15) is 9.59 Å². The highest BCUT2D eigenvalue weighted by atomic mass is 16.5. The third kappa shape index (κ3) is 37.1. The molecule has 2 rings (SSSR count). The molecule has 0 fully saturated rings. The quantitative estimate of drug-likeness (QED) is 0.136. The minimum absolute atomic E-state index is 0.0161. The monoisotopic (exact) mass is 602 g/mol. The SMILES string of the molecule is C=C(O)CCC=O.CC.CCCCC.CCCCC.CCOC(=O)C(C)CCNC.Cc1ccc(-c2ccccc2)cc1. The number of unbranched alkanes of at least 4 members (excludes halogenated alkanes) is 4. The molecule has 0 aliphatic heterocycles. The minimum Gasteiger partial charge on any atom is -0.513 e. The molecule has 5 heteroatoms. The van der Waals surface area contributed by atoms with Crippen LogP contribution in [0.5, 0.6) is 0 Å². The van der Waals surface area contributed by atoms with Gasteiger partial charge in [-0.2, -0.15) is 0 Å². The second-order valence-corrected chi connectivity index (χ2v) is 9.76. The number of aliphatic hydroxyl groups is 1. The van der Waals surface area contributed by atoms with E-state index in [0.29, 0.717) is 19.4 Å². The maximum atomic E-state index is 11.0. The van der Waals surface area contributed by atoms with Crippen LogP contribution in [0.4, 0.5) is 0 Å². The van der Waals surface area contributed by atoms with E-state index in [1.54, 1.807) is 0 Å². The van der Waals surface area contributed by atoms with Gasteiger partial charge in [-0.05, 0) is 45.0 Å². The van der Waals surface area contributed by atoms with E-state index in [1.165, 1.54) is 55.2 Å². The first-order chi connectivity index (χ1) is 20.7. The van der Waals surface area contributed by atoms with Gasteiger partial charge in [0.05, 0.1) is 18.3 Å². The van der Waals surface area contributed by atoms with Gasteiger partial charge in [-0.25, -0.2) is 0 Å². The Morgan fingerprint density at radius 3 is 1.67 bits per heavy atom. The number of benzene rings is 2. The largest absolute Gasteiger partial charge is 0.513 e. The van der Waals surface area contributed by atoms with Gasteiger partial charge in [-0.3, -0.25) is 4.79 Å². The highest BCUT2D eigenvalue weighted by Gasteiger charge is 2.12. The number of nitrogens with one attached hydrogen (secondary N) is 1. The zero-order valence-corrected chi connectivity index (χ0v) is 29.5. The van der Waals surface area contributed by atoms with E-state index < -0.39 is 0 Å². The average molecular weight is 602 g/mol. The lowest BCUT2D eigenvalue weighted by atomic mass is 10.0. The van der Waals surface area contributed by atoms with Crippen LogP contribution in [0.3, 0.4) is 0 Å². The molecular formula is C38H67NO4. The van der Waals surface area contributed by atoms with Crippen molar-refractivity contribution in [1.29, 1.82) is 0 Å². The number of esters is 1. The molecule has 43 heavy (non-hydrogen) atoms. The van der Waals surface area contributed by atoms with Crippen molar-refractivity contribution >= 4 is 12.3 Å². The normalized spacial score (nSPS) is 9.63. The van der Waals surface area contributed by atoms with Crippen molar-refractivity contribution in [2.45, 2.75) is 120 Å². The molecule has 2 aromatic carbocycles. The van der Waals surface area contributed by atoms with Crippen molar-refractivity contribution in [3.8, 4) is 11.1 Å². The van der Waals surface area contributed by atoms with Gasteiger partial charge in [0.1, 0.15) is 6.29 Å². The third-order valence-electron chi connectivity index (χ3n) is 5.64. The molecule has 0 saturated heterocycles. The highest BCUT2D eigenvalue weighted by molar-refractivity contribution is 5.71. The van der Waals surface area contributed by atoms with Gasteiger partial charge in [0.2, 0.25) is 0 Å². The lowest BCUT2D eigenvalue weighted by Gasteiger charge is -2.08. The lowest BCUT2D eigenvalue weighted by molar-refractivity contribution is -0.147. The third-order valence-corrected chi connectivity index (χ3v) is 5.64. The summed E-state index contributed by atoms with van der Waals surface area (Å²) in [6.07, 6.45) is 10.5. The van der Waals surface area contributed by atoms with Crippen LogP contribution in [0.25, 0.3) is 11.1 Å². The zero-order chi connectivity index (χ0) is 33.7. The van der Waals surface area contributed by atoms with Crippen molar-refractivity contribution in [2.24, 2.45) is 5.92 Å². The molecule has 0 heterocycles. The maximum Gasteiger partial charge on any atom is 0.308 e. The second-order valence-electron chi connectivity index (χ2n) is 9.76. The summed E-state index contributed by atoms with van der Waals surface area (Å²) in [7, 11) is 1.87. The Labute approximate surface area is 266 Å². The van der Waals surface area contributed by atoms with E-state index in [0.717, 1.165) is 19.3 Å². The Morgan fingerprint density at radius 1 is 0.884 bits per heavy atom. The minimum atomic E-state index is -0.0947. The van der Waals surface area contributed by atoms with Gasteiger partial charge in [-0.1, -0.05) is 154 Å². The number of carbonyl (C=O) groups is 2. The van der Waals surface area contributed by atoms with Crippen LogP contribution >= 0.6 is 0 Å². The molecule has 0 amide bonds. The van der Waals surface area contributed by atoms with Gasteiger partial charge in [0.15, 0.2) is 0 Å². The fourth-order valence-electron chi connectivity index (χ4n) is 3.07. The zero-order valence-electron chi connectivity index (χ0n) is 29.5. The summed E-state index contributed by atoms with van der Waals surface area (Å²) < 4.78 is 4.83. The summed E-state index contributed by atoms with van der Waals surface area (Å²) in [5, 5.41) is 11.3. The number of aliphatic hydroxyl groups excluding tert-OH is 1. The molecule has 0 spiro atoms. The number of aryl methyl sites for hydroxylation is 1. The summed E-state index contributed by atoms with van der Waals surface area (Å²) in [5.74, 6) is -0.00255. The second kappa shape index (κ2) is 39.1. The van der Waals surface area contributed by atoms with Crippen LogP contribution in [-0.4, -0.2) is 37.6 Å². The first kappa shape index (κ1) is 47.0. The first-order valence-electron chi connectivity index (χ1n) is 16.4. The van der Waals surface area contributed by atoms with E-state index in [4.69, 9.17) is 9.84 Å². The number of carbonyl (C=O) groups excluding carboxylic acids is 2. The summed E-state index contributed by atoms with van der Waals surface area (Å²) in [5.41, 5.74) is 3.87. The number of rotatable bonds is 13. The smallest absolute Gasteiger partial charge is 0.308 e. The molecule has 0 bridgehead atoms. The van der Waals surface area contributed by atoms with Crippen LogP contribution in [0.1, 0.15) is 119 Å². The van der Waals surface area contributed by atoms with Crippen LogP contribution in [0.2, 0.25) is 0 Å². The van der Waals surface area contributed by atoms with Gasteiger partial charge >= 0.3 is 5.97 Å². The fourth-order valence-corrected chi connectivity index (χ4v) is 3.07. The van der Waals surface area contributed by atoms with Crippen molar-refractivity contribution in [2.75, 3.05) is 20.2 Å². The number of aldehydes is 1.